The highest BCUT2D eigenvalue weighted by atomic mass is 16.5. The molecule has 2 rings (SSSR count). The van der Waals surface area contributed by atoms with Crippen molar-refractivity contribution >= 4 is 5.97 Å². The van der Waals surface area contributed by atoms with Crippen LogP contribution in [0.5, 0.6) is 5.88 Å². The average molecular weight is 281 g/mol. The van der Waals surface area contributed by atoms with Gasteiger partial charge in [0.15, 0.2) is 0 Å². The van der Waals surface area contributed by atoms with Crippen LogP contribution in [0, 0.1) is 11.8 Å². The van der Waals surface area contributed by atoms with E-state index >= 15 is 0 Å². The molecule has 2 aromatic rings. The highest BCUT2D eigenvalue weighted by Gasteiger charge is 2.17. The third-order valence-corrected chi connectivity index (χ3v) is 2.86. The Morgan fingerprint density at radius 1 is 1.19 bits per heavy atom. The number of hydrogen-bond donors (Lipinski definition) is 0. The molecule has 0 aliphatic rings. The van der Waals surface area contributed by atoms with E-state index in [0.29, 0.717) is 12.0 Å². The second-order valence-corrected chi connectivity index (χ2v) is 4.20. The monoisotopic (exact) mass is 281 g/mol. The van der Waals surface area contributed by atoms with Gasteiger partial charge in [-0.05, 0) is 11.6 Å². The molecule has 106 valence electrons. The number of esters is 1. The number of carbonyl (C=O) groups excluding carboxylic acids is 1. The van der Waals surface area contributed by atoms with Crippen molar-refractivity contribution in [2.45, 2.75) is 6.42 Å². The fraction of sp³-hybridized carbons (Fsp3) is 0.176. The van der Waals surface area contributed by atoms with E-state index in [4.69, 9.17) is 9.47 Å². The van der Waals surface area contributed by atoms with Crippen LogP contribution in [0.25, 0.3) is 0 Å². The topological polar surface area (TPSA) is 48.4 Å². The summed E-state index contributed by atoms with van der Waals surface area (Å²) < 4.78 is 9.85. The number of nitrogens with zero attached hydrogens (tertiary/aromatic N) is 1. The van der Waals surface area contributed by atoms with Gasteiger partial charge in [0.1, 0.15) is 5.56 Å². The molecule has 0 saturated carbocycles. The summed E-state index contributed by atoms with van der Waals surface area (Å²) >= 11 is 0. The van der Waals surface area contributed by atoms with Crippen molar-refractivity contribution < 1.29 is 14.3 Å². The summed E-state index contributed by atoms with van der Waals surface area (Å²) in [6, 6.07) is 11.6. The first-order valence-corrected chi connectivity index (χ1v) is 6.40. The van der Waals surface area contributed by atoms with Crippen molar-refractivity contribution in [3.63, 3.8) is 0 Å². The summed E-state index contributed by atoms with van der Waals surface area (Å²) in [6.07, 6.45) is 2.16. The Balaban J connectivity index is 2.30. The van der Waals surface area contributed by atoms with Crippen LogP contribution in [0.1, 0.15) is 21.5 Å². The minimum atomic E-state index is -0.510. The normalized spacial score (nSPS) is 9.43. The molecule has 0 atom stereocenters. The van der Waals surface area contributed by atoms with Crippen molar-refractivity contribution in [3.8, 4) is 17.7 Å². The van der Waals surface area contributed by atoms with Crippen molar-refractivity contribution in [2.24, 2.45) is 0 Å². The lowest BCUT2D eigenvalue weighted by Gasteiger charge is -2.07. The molecule has 0 radical (unpaired) electrons. The third-order valence-electron chi connectivity index (χ3n) is 2.86. The SMILES string of the molecule is COC(=O)c1c(C#CCc2ccccc2)ccnc1OC. The first-order chi connectivity index (χ1) is 10.3. The molecule has 0 saturated heterocycles. The van der Waals surface area contributed by atoms with E-state index in [-0.39, 0.29) is 11.4 Å². The zero-order chi connectivity index (χ0) is 15.1. The number of benzene rings is 1. The molecule has 1 heterocycles. The standard InChI is InChI=1S/C17H15NO3/c1-20-16-15(17(19)21-2)14(11-12-18-16)10-6-9-13-7-4-3-5-8-13/h3-5,7-8,11-12H,9H2,1-2H3. The molecule has 0 bridgehead atoms. The Kier molecular flexibility index (Phi) is 4.94. The molecule has 4 nitrogen and oxygen atoms in total. The number of methoxy groups -OCH3 is 2. The second-order valence-electron chi connectivity index (χ2n) is 4.20. The smallest absolute Gasteiger partial charge is 0.344 e. The summed E-state index contributed by atoms with van der Waals surface area (Å²) in [7, 11) is 2.77. The Labute approximate surface area is 123 Å². The molecule has 0 unspecified atom stereocenters. The number of ether oxygens (including phenoxy) is 2. The number of aromatic nitrogens is 1. The second kappa shape index (κ2) is 7.11. The summed E-state index contributed by atoms with van der Waals surface area (Å²) in [5, 5.41) is 0. The van der Waals surface area contributed by atoms with Gasteiger partial charge in [0.2, 0.25) is 5.88 Å². The van der Waals surface area contributed by atoms with Gasteiger partial charge in [-0.2, -0.15) is 0 Å². The van der Waals surface area contributed by atoms with Crippen molar-refractivity contribution in [1.82, 2.24) is 4.98 Å². The molecule has 0 fully saturated rings. The zero-order valence-electron chi connectivity index (χ0n) is 11.9. The number of carbonyl (C=O) groups is 1. The van der Waals surface area contributed by atoms with Gasteiger partial charge in [0.25, 0.3) is 0 Å². The predicted octanol–water partition coefficient (Wildman–Crippen LogP) is 2.47. The van der Waals surface area contributed by atoms with E-state index in [1.807, 2.05) is 30.3 Å². The van der Waals surface area contributed by atoms with Gasteiger partial charge in [-0.1, -0.05) is 42.2 Å². The number of pyridine rings is 1. The fourth-order valence-electron chi connectivity index (χ4n) is 1.84. The van der Waals surface area contributed by atoms with Gasteiger partial charge in [0, 0.05) is 18.2 Å². The molecular weight excluding hydrogens is 266 g/mol. The van der Waals surface area contributed by atoms with Gasteiger partial charge in [-0.15, -0.1) is 0 Å². The van der Waals surface area contributed by atoms with Crippen LogP contribution >= 0.6 is 0 Å². The highest BCUT2D eigenvalue weighted by molar-refractivity contribution is 5.94. The van der Waals surface area contributed by atoms with Gasteiger partial charge < -0.3 is 9.47 Å². The quantitative estimate of drug-likeness (QED) is 0.640. The van der Waals surface area contributed by atoms with Crippen LogP contribution in [0.4, 0.5) is 0 Å². The summed E-state index contributed by atoms with van der Waals surface area (Å²) in [5.41, 5.74) is 1.92. The first-order valence-electron chi connectivity index (χ1n) is 6.40. The lowest BCUT2D eigenvalue weighted by Crippen LogP contribution is -2.08. The first kappa shape index (κ1) is 14.6. The Morgan fingerprint density at radius 3 is 2.62 bits per heavy atom. The molecule has 1 aromatic heterocycles. The van der Waals surface area contributed by atoms with Crippen LogP contribution in [0.15, 0.2) is 42.6 Å². The lowest BCUT2D eigenvalue weighted by molar-refractivity contribution is 0.0596. The van der Waals surface area contributed by atoms with Crippen molar-refractivity contribution in [3.05, 3.63) is 59.3 Å². The molecule has 1 aromatic carbocycles. The molecule has 0 aliphatic heterocycles. The van der Waals surface area contributed by atoms with E-state index in [2.05, 4.69) is 16.8 Å². The van der Waals surface area contributed by atoms with Gasteiger partial charge in [-0.25, -0.2) is 9.78 Å². The Morgan fingerprint density at radius 2 is 1.95 bits per heavy atom. The van der Waals surface area contributed by atoms with E-state index in [1.165, 1.54) is 14.2 Å². The fourth-order valence-corrected chi connectivity index (χ4v) is 1.84. The van der Waals surface area contributed by atoms with Crippen molar-refractivity contribution in [1.29, 1.82) is 0 Å². The number of rotatable bonds is 3. The van der Waals surface area contributed by atoms with E-state index in [0.717, 1.165) is 5.56 Å². The highest BCUT2D eigenvalue weighted by Crippen LogP contribution is 2.19. The maximum absolute atomic E-state index is 11.8. The molecular formula is C17H15NO3. The van der Waals surface area contributed by atoms with Crippen LogP contribution in [-0.4, -0.2) is 25.2 Å². The molecule has 4 heteroatoms. The summed E-state index contributed by atoms with van der Waals surface area (Å²) in [4.78, 5) is 15.8. The summed E-state index contributed by atoms with van der Waals surface area (Å²) in [6.45, 7) is 0. The summed E-state index contributed by atoms with van der Waals surface area (Å²) in [5.74, 6) is 5.73. The van der Waals surface area contributed by atoms with E-state index in [1.54, 1.807) is 12.3 Å². The van der Waals surface area contributed by atoms with Gasteiger partial charge in [0.05, 0.1) is 14.2 Å². The average Bonchev–Trinajstić information content (AvgIpc) is 2.54. The molecule has 0 N–H and O–H groups in total. The molecule has 0 spiro atoms. The molecule has 21 heavy (non-hydrogen) atoms. The predicted molar refractivity (Wildman–Crippen MR) is 79.2 cm³/mol. The maximum atomic E-state index is 11.8. The van der Waals surface area contributed by atoms with E-state index < -0.39 is 5.97 Å². The lowest BCUT2D eigenvalue weighted by atomic mass is 10.1. The van der Waals surface area contributed by atoms with Gasteiger partial charge in [-0.3, -0.25) is 0 Å². The Hall–Kier alpha value is -2.80. The third kappa shape index (κ3) is 3.61. The van der Waals surface area contributed by atoms with Crippen LogP contribution in [0.2, 0.25) is 0 Å². The van der Waals surface area contributed by atoms with Gasteiger partial charge >= 0.3 is 5.97 Å². The maximum Gasteiger partial charge on any atom is 0.344 e. The van der Waals surface area contributed by atoms with Crippen LogP contribution in [-0.2, 0) is 11.2 Å². The minimum absolute atomic E-state index is 0.216. The number of hydrogen-bond acceptors (Lipinski definition) is 4. The minimum Gasteiger partial charge on any atom is -0.480 e. The Bertz CT molecular complexity index is 684. The van der Waals surface area contributed by atoms with E-state index in [9.17, 15) is 4.79 Å². The van der Waals surface area contributed by atoms with Crippen LogP contribution in [0.3, 0.4) is 0 Å². The molecule has 0 amide bonds. The molecule has 0 aliphatic carbocycles. The van der Waals surface area contributed by atoms with Crippen molar-refractivity contribution in [2.75, 3.05) is 14.2 Å². The van der Waals surface area contributed by atoms with Crippen LogP contribution < -0.4 is 4.74 Å². The largest absolute Gasteiger partial charge is 0.480 e. The zero-order valence-corrected chi connectivity index (χ0v) is 11.9.